The minimum Gasteiger partial charge on any atom is -0.497 e. The maximum atomic E-state index is 12.2. The molecule has 1 N–H and O–H groups in total. The van der Waals surface area contributed by atoms with Gasteiger partial charge in [0.25, 0.3) is 5.91 Å². The Labute approximate surface area is 162 Å². The van der Waals surface area contributed by atoms with Gasteiger partial charge < -0.3 is 24.3 Å². The van der Waals surface area contributed by atoms with Crippen molar-refractivity contribution in [1.29, 1.82) is 0 Å². The van der Waals surface area contributed by atoms with Gasteiger partial charge in [-0.05, 0) is 31.2 Å². The topological polar surface area (TPSA) is 109 Å². The number of nitro benzene ring substituents is 1. The van der Waals surface area contributed by atoms with Crippen molar-refractivity contribution in [2.24, 2.45) is 0 Å². The molecule has 2 aromatic rings. The van der Waals surface area contributed by atoms with Crippen LogP contribution >= 0.6 is 0 Å². The number of nitro groups is 1. The van der Waals surface area contributed by atoms with Gasteiger partial charge in [-0.25, -0.2) is 0 Å². The van der Waals surface area contributed by atoms with Crippen LogP contribution < -0.4 is 24.3 Å². The monoisotopic (exact) mass is 390 g/mol. The second kappa shape index (κ2) is 9.45. The first kappa shape index (κ1) is 20.8. The minimum atomic E-state index is -0.557. The summed E-state index contributed by atoms with van der Waals surface area (Å²) in [4.78, 5) is 22.6. The molecule has 28 heavy (non-hydrogen) atoms. The number of hydrogen-bond donors (Lipinski definition) is 1. The molecule has 0 radical (unpaired) electrons. The molecule has 0 bridgehead atoms. The Bertz CT molecular complexity index is 854. The number of carbonyl (C=O) groups excluding carboxylic acids is 1. The summed E-state index contributed by atoms with van der Waals surface area (Å²) in [5.41, 5.74) is 0.574. The predicted octanol–water partition coefficient (Wildman–Crippen LogP) is 2.88. The van der Waals surface area contributed by atoms with Crippen molar-refractivity contribution < 1.29 is 28.7 Å². The molecule has 0 aromatic heterocycles. The van der Waals surface area contributed by atoms with Gasteiger partial charge in [-0.15, -0.1) is 0 Å². The van der Waals surface area contributed by atoms with E-state index < -0.39 is 4.92 Å². The molecule has 0 saturated heterocycles. The van der Waals surface area contributed by atoms with Gasteiger partial charge >= 0.3 is 5.69 Å². The van der Waals surface area contributed by atoms with E-state index in [1.165, 1.54) is 25.3 Å². The van der Waals surface area contributed by atoms with Crippen LogP contribution in [-0.2, 0) is 4.79 Å². The standard InChI is InChI=1S/C19H22N2O7/c1-12(15-9-13(25-2)6-8-17(15)26-3)20-19(22)11-28-14-5-7-16(21(23)24)18(10-14)27-4/h5-10,12H,11H2,1-4H3,(H,20,22)/t12-/m0/s1. The Morgan fingerprint density at radius 1 is 1.04 bits per heavy atom. The summed E-state index contributed by atoms with van der Waals surface area (Å²) in [7, 11) is 4.42. The number of nitrogens with one attached hydrogen (secondary N) is 1. The number of methoxy groups -OCH3 is 3. The van der Waals surface area contributed by atoms with Crippen LogP contribution in [0.1, 0.15) is 18.5 Å². The number of amides is 1. The van der Waals surface area contributed by atoms with Crippen molar-refractivity contribution in [2.75, 3.05) is 27.9 Å². The van der Waals surface area contributed by atoms with Crippen LogP contribution in [-0.4, -0.2) is 38.8 Å². The zero-order valence-corrected chi connectivity index (χ0v) is 16.1. The lowest BCUT2D eigenvalue weighted by atomic mass is 10.1. The van der Waals surface area contributed by atoms with Crippen LogP contribution in [0.25, 0.3) is 0 Å². The summed E-state index contributed by atoms with van der Waals surface area (Å²) in [5, 5.41) is 13.7. The van der Waals surface area contributed by atoms with E-state index >= 15 is 0 Å². The van der Waals surface area contributed by atoms with Crippen molar-refractivity contribution in [3.8, 4) is 23.0 Å². The molecule has 0 heterocycles. The molecule has 1 amide bonds. The quantitative estimate of drug-likeness (QED) is 0.518. The van der Waals surface area contributed by atoms with E-state index in [4.69, 9.17) is 18.9 Å². The van der Waals surface area contributed by atoms with Crippen molar-refractivity contribution in [2.45, 2.75) is 13.0 Å². The van der Waals surface area contributed by atoms with Crippen molar-refractivity contribution >= 4 is 11.6 Å². The number of carbonyl (C=O) groups is 1. The average molecular weight is 390 g/mol. The van der Waals surface area contributed by atoms with Gasteiger partial charge in [-0.2, -0.15) is 0 Å². The zero-order chi connectivity index (χ0) is 20.7. The smallest absolute Gasteiger partial charge is 0.311 e. The highest BCUT2D eigenvalue weighted by Crippen LogP contribution is 2.31. The Morgan fingerprint density at radius 3 is 2.32 bits per heavy atom. The Morgan fingerprint density at radius 2 is 1.71 bits per heavy atom. The number of hydrogen-bond acceptors (Lipinski definition) is 7. The fourth-order valence-corrected chi connectivity index (χ4v) is 2.59. The van der Waals surface area contributed by atoms with Gasteiger partial charge in [0.2, 0.25) is 5.75 Å². The van der Waals surface area contributed by atoms with Gasteiger partial charge in [0, 0.05) is 17.7 Å². The first-order chi connectivity index (χ1) is 13.4. The van der Waals surface area contributed by atoms with Crippen LogP contribution in [0.3, 0.4) is 0 Å². The van der Waals surface area contributed by atoms with Crippen molar-refractivity contribution in [1.82, 2.24) is 5.32 Å². The first-order valence-corrected chi connectivity index (χ1v) is 8.36. The Kier molecular flexibility index (Phi) is 7.02. The predicted molar refractivity (Wildman–Crippen MR) is 101 cm³/mol. The minimum absolute atomic E-state index is 0.0531. The van der Waals surface area contributed by atoms with E-state index in [9.17, 15) is 14.9 Å². The zero-order valence-electron chi connectivity index (χ0n) is 16.1. The largest absolute Gasteiger partial charge is 0.497 e. The summed E-state index contributed by atoms with van der Waals surface area (Å²) < 4.78 is 20.9. The third kappa shape index (κ3) is 5.03. The normalized spacial score (nSPS) is 11.3. The van der Waals surface area contributed by atoms with Crippen LogP contribution in [0, 0.1) is 10.1 Å². The van der Waals surface area contributed by atoms with Gasteiger partial charge in [-0.3, -0.25) is 14.9 Å². The van der Waals surface area contributed by atoms with Crippen molar-refractivity contribution in [3.63, 3.8) is 0 Å². The summed E-state index contributed by atoms with van der Waals surface area (Å²) in [5.74, 6) is 1.23. The van der Waals surface area contributed by atoms with Crippen molar-refractivity contribution in [3.05, 3.63) is 52.1 Å². The molecular formula is C19H22N2O7. The number of ether oxygens (including phenoxy) is 4. The van der Waals surface area contributed by atoms with Crippen LogP contribution in [0.2, 0.25) is 0 Å². The van der Waals surface area contributed by atoms with Gasteiger partial charge in [0.15, 0.2) is 6.61 Å². The second-order valence-corrected chi connectivity index (χ2v) is 5.78. The van der Waals surface area contributed by atoms with E-state index in [1.807, 2.05) is 6.92 Å². The molecule has 0 aliphatic heterocycles. The van der Waals surface area contributed by atoms with Crippen LogP contribution in [0.15, 0.2) is 36.4 Å². The molecule has 0 fully saturated rings. The third-order valence-corrected chi connectivity index (χ3v) is 4.00. The molecule has 2 aromatic carbocycles. The Hall–Kier alpha value is -3.49. The molecule has 0 aliphatic carbocycles. The maximum Gasteiger partial charge on any atom is 0.311 e. The second-order valence-electron chi connectivity index (χ2n) is 5.78. The van der Waals surface area contributed by atoms with Gasteiger partial charge in [-0.1, -0.05) is 0 Å². The summed E-state index contributed by atoms with van der Waals surface area (Å²) in [6, 6.07) is 8.98. The average Bonchev–Trinajstić information content (AvgIpc) is 2.71. The van der Waals surface area contributed by atoms with E-state index in [0.717, 1.165) is 5.56 Å². The van der Waals surface area contributed by atoms with Crippen LogP contribution in [0.5, 0.6) is 23.0 Å². The van der Waals surface area contributed by atoms with E-state index in [1.54, 1.807) is 32.4 Å². The number of benzene rings is 2. The SMILES string of the molecule is COc1ccc(OC)c([C@H](C)NC(=O)COc2ccc([N+](=O)[O-])c(OC)c2)c1. The maximum absolute atomic E-state index is 12.2. The molecule has 0 aliphatic rings. The number of nitrogens with zero attached hydrogens (tertiary/aromatic N) is 1. The highest BCUT2D eigenvalue weighted by Gasteiger charge is 2.18. The van der Waals surface area contributed by atoms with Gasteiger partial charge in [0.05, 0.1) is 32.3 Å². The molecule has 9 nitrogen and oxygen atoms in total. The van der Waals surface area contributed by atoms with Crippen LogP contribution in [0.4, 0.5) is 5.69 Å². The third-order valence-electron chi connectivity index (χ3n) is 4.00. The van der Waals surface area contributed by atoms with E-state index in [0.29, 0.717) is 11.5 Å². The molecule has 0 saturated carbocycles. The fourth-order valence-electron chi connectivity index (χ4n) is 2.59. The van der Waals surface area contributed by atoms with E-state index in [-0.39, 0.29) is 35.7 Å². The molecule has 2 rings (SSSR count). The van der Waals surface area contributed by atoms with Gasteiger partial charge in [0.1, 0.15) is 17.2 Å². The summed E-state index contributed by atoms with van der Waals surface area (Å²) >= 11 is 0. The van der Waals surface area contributed by atoms with E-state index in [2.05, 4.69) is 5.32 Å². The molecule has 0 spiro atoms. The Balaban J connectivity index is 2.02. The molecule has 150 valence electrons. The first-order valence-electron chi connectivity index (χ1n) is 8.36. The molecule has 1 atom stereocenters. The lowest BCUT2D eigenvalue weighted by Gasteiger charge is -2.18. The summed E-state index contributed by atoms with van der Waals surface area (Å²) in [6.45, 7) is 1.54. The molecule has 9 heteroatoms. The fraction of sp³-hybridized carbons (Fsp3) is 0.316. The molecule has 0 unspecified atom stereocenters. The highest BCUT2D eigenvalue weighted by molar-refractivity contribution is 5.78. The highest BCUT2D eigenvalue weighted by atomic mass is 16.6. The lowest BCUT2D eigenvalue weighted by Crippen LogP contribution is -2.31. The number of rotatable bonds is 9. The summed E-state index contributed by atoms with van der Waals surface area (Å²) in [6.07, 6.45) is 0. The molecular weight excluding hydrogens is 368 g/mol. The lowest BCUT2D eigenvalue weighted by molar-refractivity contribution is -0.385.